The Balaban J connectivity index is 2.01. The number of carbonyl (C=O) groups excluding carboxylic acids is 2. The highest BCUT2D eigenvalue weighted by Crippen LogP contribution is 2.42. The number of hydrogen-bond donors (Lipinski definition) is 1. The van der Waals surface area contributed by atoms with E-state index in [1.807, 2.05) is 19.1 Å². The standard InChI is InChI=1S/C33H46N2O6/c1-6-10-11-22-41-27-18-15-25(23-28(27)39-5)30-29(31(36)24-13-16-26(17-14-24)40-21-7-2)32(37)33(38)35(30)20-12-19-34(8-3)9-4/h13-18,23,30,36H,6-12,19-22H2,1-5H3/b31-29+. The molecule has 0 bridgehead atoms. The molecule has 1 heterocycles. The molecule has 0 spiro atoms. The van der Waals surface area contributed by atoms with Gasteiger partial charge in [0.15, 0.2) is 11.5 Å². The number of ketones is 1. The van der Waals surface area contributed by atoms with Crippen LogP contribution in [0.3, 0.4) is 0 Å². The first-order valence-corrected chi connectivity index (χ1v) is 14.9. The molecule has 0 aromatic heterocycles. The van der Waals surface area contributed by atoms with Crippen LogP contribution in [0.25, 0.3) is 5.76 Å². The molecule has 1 saturated heterocycles. The number of carbonyl (C=O) groups is 2. The average Bonchev–Trinajstić information content (AvgIpc) is 3.25. The Bertz CT molecular complexity index is 1170. The zero-order valence-electron chi connectivity index (χ0n) is 25.3. The number of aliphatic hydroxyl groups excluding tert-OH is 1. The van der Waals surface area contributed by atoms with Crippen molar-refractivity contribution in [1.82, 2.24) is 9.80 Å². The Morgan fingerprint density at radius 3 is 2.24 bits per heavy atom. The number of hydrogen-bond acceptors (Lipinski definition) is 7. The van der Waals surface area contributed by atoms with Gasteiger partial charge in [-0.2, -0.15) is 0 Å². The summed E-state index contributed by atoms with van der Waals surface area (Å²) >= 11 is 0. The molecule has 1 aliphatic heterocycles. The van der Waals surface area contributed by atoms with Gasteiger partial charge in [0.1, 0.15) is 11.5 Å². The zero-order valence-corrected chi connectivity index (χ0v) is 25.3. The van der Waals surface area contributed by atoms with E-state index >= 15 is 0 Å². The monoisotopic (exact) mass is 566 g/mol. The van der Waals surface area contributed by atoms with Crippen LogP contribution in [0.5, 0.6) is 17.2 Å². The molecule has 0 radical (unpaired) electrons. The second kappa shape index (κ2) is 16.1. The van der Waals surface area contributed by atoms with Gasteiger partial charge in [-0.3, -0.25) is 9.59 Å². The SMILES string of the molecule is CCCCCOc1ccc(C2/C(=C(\O)c3ccc(OCCC)cc3)C(=O)C(=O)N2CCCN(CC)CC)cc1OC. The van der Waals surface area contributed by atoms with Gasteiger partial charge < -0.3 is 29.1 Å². The minimum atomic E-state index is -0.759. The lowest BCUT2D eigenvalue weighted by molar-refractivity contribution is -0.140. The summed E-state index contributed by atoms with van der Waals surface area (Å²) in [5.41, 5.74) is 1.19. The topological polar surface area (TPSA) is 88.5 Å². The van der Waals surface area contributed by atoms with Crippen LogP contribution < -0.4 is 14.2 Å². The highest BCUT2D eigenvalue weighted by Gasteiger charge is 2.46. The van der Waals surface area contributed by atoms with Crippen LogP contribution >= 0.6 is 0 Å². The van der Waals surface area contributed by atoms with Gasteiger partial charge in [-0.1, -0.05) is 46.6 Å². The molecule has 0 aliphatic carbocycles. The molecule has 2 aromatic carbocycles. The number of benzene rings is 2. The maximum absolute atomic E-state index is 13.5. The van der Waals surface area contributed by atoms with Crippen molar-refractivity contribution in [1.29, 1.82) is 0 Å². The Labute approximate surface area is 244 Å². The molecular weight excluding hydrogens is 520 g/mol. The number of unbranched alkanes of at least 4 members (excludes halogenated alkanes) is 2. The van der Waals surface area contributed by atoms with E-state index < -0.39 is 17.7 Å². The maximum Gasteiger partial charge on any atom is 0.295 e. The second-order valence-electron chi connectivity index (χ2n) is 10.2. The smallest absolute Gasteiger partial charge is 0.295 e. The average molecular weight is 567 g/mol. The number of rotatable bonds is 17. The number of Topliss-reactive ketones (excluding diaryl/α,β-unsaturated/α-hetero) is 1. The molecule has 2 aromatic rings. The first kappa shape index (κ1) is 32.0. The number of amides is 1. The van der Waals surface area contributed by atoms with Gasteiger partial charge in [0.2, 0.25) is 0 Å². The van der Waals surface area contributed by atoms with Crippen molar-refractivity contribution < 1.29 is 28.9 Å². The lowest BCUT2D eigenvalue weighted by Gasteiger charge is -2.27. The largest absolute Gasteiger partial charge is 0.507 e. The molecule has 8 heteroatoms. The van der Waals surface area contributed by atoms with Crippen LogP contribution in [0.2, 0.25) is 0 Å². The fraction of sp³-hybridized carbons (Fsp3) is 0.515. The number of aliphatic hydroxyl groups is 1. The summed E-state index contributed by atoms with van der Waals surface area (Å²) in [6, 6.07) is 11.6. The minimum absolute atomic E-state index is 0.0683. The van der Waals surface area contributed by atoms with Crippen LogP contribution in [0.4, 0.5) is 0 Å². The molecule has 0 saturated carbocycles. The molecule has 1 unspecified atom stereocenters. The van der Waals surface area contributed by atoms with Crippen LogP contribution in [-0.4, -0.2) is 73.1 Å². The van der Waals surface area contributed by atoms with Crippen molar-refractivity contribution >= 4 is 17.4 Å². The van der Waals surface area contributed by atoms with Crippen LogP contribution in [0.15, 0.2) is 48.0 Å². The van der Waals surface area contributed by atoms with E-state index in [-0.39, 0.29) is 11.3 Å². The molecule has 1 atom stereocenters. The first-order chi connectivity index (χ1) is 19.9. The zero-order chi connectivity index (χ0) is 29.8. The molecule has 41 heavy (non-hydrogen) atoms. The van der Waals surface area contributed by atoms with Crippen LogP contribution in [0.1, 0.15) is 77.0 Å². The van der Waals surface area contributed by atoms with Gasteiger partial charge in [0.05, 0.1) is 31.9 Å². The lowest BCUT2D eigenvalue weighted by Crippen LogP contribution is -2.33. The highest BCUT2D eigenvalue weighted by molar-refractivity contribution is 6.46. The maximum atomic E-state index is 13.5. The molecular formula is C33H46N2O6. The quantitative estimate of drug-likeness (QED) is 0.105. The molecule has 224 valence electrons. The third-order valence-corrected chi connectivity index (χ3v) is 7.42. The summed E-state index contributed by atoms with van der Waals surface area (Å²) in [7, 11) is 1.57. The Hall–Kier alpha value is -3.52. The van der Waals surface area contributed by atoms with Gasteiger partial charge in [-0.25, -0.2) is 0 Å². The predicted octanol–water partition coefficient (Wildman–Crippen LogP) is 6.21. The van der Waals surface area contributed by atoms with Crippen molar-refractivity contribution in [2.75, 3.05) is 46.5 Å². The number of ether oxygens (including phenoxy) is 3. The normalized spacial score (nSPS) is 16.4. The summed E-state index contributed by atoms with van der Waals surface area (Å²) in [6.07, 6.45) is 4.70. The molecule has 1 aliphatic rings. The Morgan fingerprint density at radius 1 is 0.878 bits per heavy atom. The van der Waals surface area contributed by atoms with E-state index in [0.717, 1.165) is 45.3 Å². The fourth-order valence-electron chi connectivity index (χ4n) is 5.05. The van der Waals surface area contributed by atoms with Crippen LogP contribution in [-0.2, 0) is 9.59 Å². The van der Waals surface area contributed by atoms with E-state index in [4.69, 9.17) is 14.2 Å². The number of nitrogens with zero attached hydrogens (tertiary/aromatic N) is 2. The van der Waals surface area contributed by atoms with Crippen molar-refractivity contribution in [3.63, 3.8) is 0 Å². The third-order valence-electron chi connectivity index (χ3n) is 7.42. The van der Waals surface area contributed by atoms with Gasteiger partial charge in [0.25, 0.3) is 11.7 Å². The van der Waals surface area contributed by atoms with E-state index in [1.165, 1.54) is 0 Å². The van der Waals surface area contributed by atoms with Crippen molar-refractivity contribution in [3.8, 4) is 17.2 Å². The molecule has 1 amide bonds. The minimum Gasteiger partial charge on any atom is -0.507 e. The van der Waals surface area contributed by atoms with Crippen LogP contribution in [0, 0.1) is 0 Å². The van der Waals surface area contributed by atoms with Gasteiger partial charge in [-0.05, 0) is 80.9 Å². The second-order valence-corrected chi connectivity index (χ2v) is 10.2. The lowest BCUT2D eigenvalue weighted by atomic mass is 9.95. The van der Waals surface area contributed by atoms with Crippen molar-refractivity contribution in [2.24, 2.45) is 0 Å². The summed E-state index contributed by atoms with van der Waals surface area (Å²) in [6.45, 7) is 12.5. The van der Waals surface area contributed by atoms with Gasteiger partial charge >= 0.3 is 0 Å². The van der Waals surface area contributed by atoms with E-state index in [0.29, 0.717) is 54.6 Å². The third kappa shape index (κ3) is 8.03. The Morgan fingerprint density at radius 2 is 1.61 bits per heavy atom. The predicted molar refractivity (Wildman–Crippen MR) is 162 cm³/mol. The van der Waals surface area contributed by atoms with E-state index in [2.05, 4.69) is 25.7 Å². The first-order valence-electron chi connectivity index (χ1n) is 14.9. The van der Waals surface area contributed by atoms with Crippen molar-refractivity contribution in [2.45, 2.75) is 65.8 Å². The van der Waals surface area contributed by atoms with Gasteiger partial charge in [0, 0.05) is 12.1 Å². The van der Waals surface area contributed by atoms with E-state index in [1.54, 1.807) is 42.3 Å². The summed E-state index contributed by atoms with van der Waals surface area (Å²) in [5.74, 6) is 0.286. The molecule has 8 nitrogen and oxygen atoms in total. The van der Waals surface area contributed by atoms with Crippen molar-refractivity contribution in [3.05, 3.63) is 59.2 Å². The van der Waals surface area contributed by atoms with E-state index in [9.17, 15) is 14.7 Å². The summed E-state index contributed by atoms with van der Waals surface area (Å²) in [4.78, 5) is 30.7. The fourth-order valence-corrected chi connectivity index (χ4v) is 5.05. The summed E-state index contributed by atoms with van der Waals surface area (Å²) in [5, 5.41) is 11.4. The summed E-state index contributed by atoms with van der Waals surface area (Å²) < 4.78 is 17.3. The van der Waals surface area contributed by atoms with Gasteiger partial charge in [-0.15, -0.1) is 0 Å². The molecule has 1 N–H and O–H groups in total. The molecule has 1 fully saturated rings. The Kier molecular flexibility index (Phi) is 12.5. The number of methoxy groups -OCH3 is 1. The number of likely N-dealkylation sites (tertiary alicyclic amines) is 1. The highest BCUT2D eigenvalue weighted by atomic mass is 16.5. The molecule has 3 rings (SSSR count).